The molecule has 1 aromatic rings. The summed E-state index contributed by atoms with van der Waals surface area (Å²) in [5.74, 6) is -0.528. The Balaban J connectivity index is 3.02. The lowest BCUT2D eigenvalue weighted by molar-refractivity contribution is 0.560. The fourth-order valence-corrected chi connectivity index (χ4v) is 0.774. The van der Waals surface area contributed by atoms with Crippen LogP contribution in [0.5, 0.6) is 0 Å². The fourth-order valence-electron chi connectivity index (χ4n) is 0.774. The van der Waals surface area contributed by atoms with Crippen molar-refractivity contribution in [2.45, 2.75) is 6.04 Å². The molecule has 0 aliphatic carbocycles. The molecule has 1 aromatic heterocycles. The third-order valence-corrected chi connectivity index (χ3v) is 1.40. The summed E-state index contributed by atoms with van der Waals surface area (Å²) < 4.78 is 12.8. The van der Waals surface area contributed by atoms with Gasteiger partial charge in [0.25, 0.3) is 0 Å². The zero-order valence-corrected chi connectivity index (χ0v) is 6.00. The molecular weight excluding hydrogens is 143 g/mol. The Hall–Kier alpha value is -1.22. The molecule has 0 bridgehead atoms. The predicted octanol–water partition coefficient (Wildman–Crippen LogP) is 1.41. The van der Waals surface area contributed by atoms with Crippen LogP contribution in [0.4, 0.5) is 4.39 Å². The topological polar surface area (TPSA) is 38.9 Å². The van der Waals surface area contributed by atoms with Crippen molar-refractivity contribution in [2.75, 3.05) is 0 Å². The highest BCUT2D eigenvalue weighted by Gasteiger charge is 2.06. The van der Waals surface area contributed by atoms with Crippen LogP contribution in [0.2, 0.25) is 0 Å². The molecule has 1 heterocycles. The van der Waals surface area contributed by atoms with E-state index in [0.29, 0.717) is 5.56 Å². The molecule has 2 nitrogen and oxygen atoms in total. The molecule has 2 N–H and O–H groups in total. The monoisotopic (exact) mass is 152 g/mol. The third-order valence-electron chi connectivity index (χ3n) is 1.40. The van der Waals surface area contributed by atoms with Crippen molar-refractivity contribution < 1.29 is 4.39 Å². The molecule has 1 rings (SSSR count). The SMILES string of the molecule is C=C[C@H](N)c1cccnc1F. The van der Waals surface area contributed by atoms with Crippen molar-refractivity contribution in [1.82, 2.24) is 4.98 Å². The molecule has 58 valence electrons. The fraction of sp³-hybridized carbons (Fsp3) is 0.125. The van der Waals surface area contributed by atoms with E-state index in [2.05, 4.69) is 11.6 Å². The molecule has 0 saturated heterocycles. The van der Waals surface area contributed by atoms with Gasteiger partial charge in [0.15, 0.2) is 0 Å². The molecule has 0 saturated carbocycles. The summed E-state index contributed by atoms with van der Waals surface area (Å²) in [7, 11) is 0. The van der Waals surface area contributed by atoms with Crippen LogP contribution in [0.3, 0.4) is 0 Å². The molecule has 0 unspecified atom stereocenters. The Morgan fingerprint density at radius 2 is 2.45 bits per heavy atom. The number of nitrogens with zero attached hydrogens (tertiary/aromatic N) is 1. The third kappa shape index (κ3) is 1.62. The van der Waals surface area contributed by atoms with Crippen molar-refractivity contribution in [3.05, 3.63) is 42.5 Å². The second kappa shape index (κ2) is 3.25. The van der Waals surface area contributed by atoms with E-state index in [-0.39, 0.29) is 0 Å². The normalized spacial score (nSPS) is 12.5. The summed E-state index contributed by atoms with van der Waals surface area (Å²) in [6.45, 7) is 3.46. The predicted molar refractivity (Wildman–Crippen MR) is 41.3 cm³/mol. The lowest BCUT2D eigenvalue weighted by Crippen LogP contribution is -2.09. The maximum atomic E-state index is 12.8. The summed E-state index contributed by atoms with van der Waals surface area (Å²) in [4.78, 5) is 3.45. The van der Waals surface area contributed by atoms with Gasteiger partial charge in [-0.15, -0.1) is 6.58 Å². The van der Waals surface area contributed by atoms with Crippen molar-refractivity contribution in [3.8, 4) is 0 Å². The highest BCUT2D eigenvalue weighted by Crippen LogP contribution is 2.12. The molecule has 0 aromatic carbocycles. The number of hydrogen-bond donors (Lipinski definition) is 1. The molecule has 0 aliphatic heterocycles. The van der Waals surface area contributed by atoms with Crippen LogP contribution < -0.4 is 5.73 Å². The lowest BCUT2D eigenvalue weighted by atomic mass is 10.1. The zero-order valence-electron chi connectivity index (χ0n) is 6.00. The van der Waals surface area contributed by atoms with E-state index in [4.69, 9.17) is 5.73 Å². The minimum absolute atomic E-state index is 0.377. The minimum atomic E-state index is -0.528. The van der Waals surface area contributed by atoms with Crippen molar-refractivity contribution in [3.63, 3.8) is 0 Å². The van der Waals surface area contributed by atoms with E-state index in [0.717, 1.165) is 0 Å². The summed E-state index contributed by atoms with van der Waals surface area (Å²) in [6, 6.07) is 2.76. The number of halogens is 1. The largest absolute Gasteiger partial charge is 0.321 e. The lowest BCUT2D eigenvalue weighted by Gasteiger charge is -2.05. The van der Waals surface area contributed by atoms with Gasteiger partial charge in [-0.1, -0.05) is 12.1 Å². The van der Waals surface area contributed by atoms with Gasteiger partial charge in [0, 0.05) is 11.8 Å². The van der Waals surface area contributed by atoms with Crippen LogP contribution >= 0.6 is 0 Å². The molecule has 0 fully saturated rings. The van der Waals surface area contributed by atoms with E-state index in [1.54, 1.807) is 12.1 Å². The average molecular weight is 152 g/mol. The summed E-state index contributed by atoms with van der Waals surface area (Å²) in [6.07, 6.45) is 2.86. The second-order valence-electron chi connectivity index (χ2n) is 2.14. The van der Waals surface area contributed by atoms with Crippen LogP contribution in [0.25, 0.3) is 0 Å². The number of pyridine rings is 1. The van der Waals surface area contributed by atoms with Gasteiger partial charge in [-0.3, -0.25) is 0 Å². The van der Waals surface area contributed by atoms with Crippen LogP contribution in [0.15, 0.2) is 31.0 Å². The maximum Gasteiger partial charge on any atom is 0.217 e. The molecule has 0 aliphatic rings. The first-order chi connectivity index (χ1) is 5.25. The Kier molecular flexibility index (Phi) is 2.33. The smallest absolute Gasteiger partial charge is 0.217 e. The number of rotatable bonds is 2. The Labute approximate surface area is 64.6 Å². The summed E-state index contributed by atoms with van der Waals surface area (Å²) in [5, 5.41) is 0. The summed E-state index contributed by atoms with van der Waals surface area (Å²) in [5.41, 5.74) is 5.87. The first-order valence-electron chi connectivity index (χ1n) is 3.24. The average Bonchev–Trinajstić information content (AvgIpc) is 2.04. The van der Waals surface area contributed by atoms with E-state index in [9.17, 15) is 4.39 Å². The zero-order chi connectivity index (χ0) is 8.27. The standard InChI is InChI=1S/C8H9FN2/c1-2-7(10)6-4-3-5-11-8(6)9/h2-5,7H,1,10H2/t7-/m0/s1. The van der Waals surface area contributed by atoms with E-state index in [1.165, 1.54) is 12.3 Å². The van der Waals surface area contributed by atoms with Gasteiger partial charge < -0.3 is 5.73 Å². The second-order valence-corrected chi connectivity index (χ2v) is 2.14. The van der Waals surface area contributed by atoms with Gasteiger partial charge in [0.2, 0.25) is 5.95 Å². The number of aromatic nitrogens is 1. The van der Waals surface area contributed by atoms with Crippen LogP contribution in [0, 0.1) is 5.95 Å². The minimum Gasteiger partial charge on any atom is -0.321 e. The van der Waals surface area contributed by atoms with Gasteiger partial charge in [0.1, 0.15) is 0 Å². The van der Waals surface area contributed by atoms with E-state index < -0.39 is 12.0 Å². The highest BCUT2D eigenvalue weighted by molar-refractivity contribution is 5.18. The molecule has 0 spiro atoms. The van der Waals surface area contributed by atoms with E-state index >= 15 is 0 Å². The van der Waals surface area contributed by atoms with Crippen LogP contribution in [0.1, 0.15) is 11.6 Å². The van der Waals surface area contributed by atoms with E-state index in [1.807, 2.05) is 0 Å². The quantitative estimate of drug-likeness (QED) is 0.514. The van der Waals surface area contributed by atoms with Gasteiger partial charge >= 0.3 is 0 Å². The molecule has 0 radical (unpaired) electrons. The number of hydrogen-bond acceptors (Lipinski definition) is 2. The Morgan fingerprint density at radius 3 is 3.00 bits per heavy atom. The first-order valence-corrected chi connectivity index (χ1v) is 3.24. The molecule has 0 amide bonds. The van der Waals surface area contributed by atoms with Gasteiger partial charge in [-0.25, -0.2) is 4.98 Å². The maximum absolute atomic E-state index is 12.8. The molecule has 1 atom stereocenters. The molecular formula is C8H9FN2. The van der Waals surface area contributed by atoms with Crippen LogP contribution in [-0.4, -0.2) is 4.98 Å². The molecule has 11 heavy (non-hydrogen) atoms. The van der Waals surface area contributed by atoms with Crippen molar-refractivity contribution in [1.29, 1.82) is 0 Å². The van der Waals surface area contributed by atoms with Crippen molar-refractivity contribution in [2.24, 2.45) is 5.73 Å². The Morgan fingerprint density at radius 1 is 1.73 bits per heavy atom. The van der Waals surface area contributed by atoms with Gasteiger partial charge in [-0.05, 0) is 6.07 Å². The van der Waals surface area contributed by atoms with Gasteiger partial charge in [-0.2, -0.15) is 4.39 Å². The first kappa shape index (κ1) is 7.88. The highest BCUT2D eigenvalue weighted by atomic mass is 19.1. The van der Waals surface area contributed by atoms with Crippen molar-refractivity contribution >= 4 is 0 Å². The molecule has 3 heteroatoms. The Bertz CT molecular complexity index is 260. The number of nitrogens with two attached hydrogens (primary N) is 1. The van der Waals surface area contributed by atoms with Crippen LogP contribution in [-0.2, 0) is 0 Å². The van der Waals surface area contributed by atoms with Gasteiger partial charge in [0.05, 0.1) is 6.04 Å². The summed E-state index contributed by atoms with van der Waals surface area (Å²) >= 11 is 0.